The van der Waals surface area contributed by atoms with E-state index in [0.717, 1.165) is 11.8 Å². The van der Waals surface area contributed by atoms with Crippen molar-refractivity contribution in [3.8, 4) is 0 Å². The number of carbonyl (C=O) groups is 2. The van der Waals surface area contributed by atoms with Crippen LogP contribution in [0.1, 0.15) is 36.7 Å². The van der Waals surface area contributed by atoms with Crippen LogP contribution in [0.2, 0.25) is 0 Å². The molecule has 0 aliphatic carbocycles. The van der Waals surface area contributed by atoms with Crippen LogP contribution in [0, 0.1) is 0 Å². The van der Waals surface area contributed by atoms with Crippen LogP contribution >= 0.6 is 0 Å². The van der Waals surface area contributed by atoms with E-state index in [0.29, 0.717) is 29.3 Å². The maximum atomic E-state index is 12.8. The van der Waals surface area contributed by atoms with Crippen molar-refractivity contribution in [2.24, 2.45) is 0 Å². The van der Waals surface area contributed by atoms with Gasteiger partial charge in [0.25, 0.3) is 0 Å². The summed E-state index contributed by atoms with van der Waals surface area (Å²) in [7, 11) is 0. The van der Waals surface area contributed by atoms with Crippen molar-refractivity contribution in [1.29, 1.82) is 0 Å². The number of anilines is 3. The molecule has 0 atom stereocenters. The molecule has 0 saturated carbocycles. The van der Waals surface area contributed by atoms with Crippen LogP contribution in [0.4, 0.5) is 22.0 Å². The maximum absolute atomic E-state index is 12.8. The van der Waals surface area contributed by atoms with Gasteiger partial charge in [0.2, 0.25) is 0 Å². The highest BCUT2D eigenvalue weighted by Crippen LogP contribution is 2.37. The average molecular weight is 325 g/mol. The number of benzene rings is 1. The summed E-state index contributed by atoms with van der Waals surface area (Å²) in [4.78, 5) is 29.7. The lowest BCUT2D eigenvalue weighted by molar-refractivity contribution is 0.0598. The van der Waals surface area contributed by atoms with Crippen LogP contribution in [-0.4, -0.2) is 23.0 Å². The Hall–Kier alpha value is -2.89. The molecule has 0 fully saturated rings. The summed E-state index contributed by atoms with van der Waals surface area (Å²) in [5.41, 5.74) is 2.06. The van der Waals surface area contributed by atoms with E-state index in [1.165, 1.54) is 4.90 Å². The summed E-state index contributed by atoms with van der Waals surface area (Å²) in [6.45, 7) is 5.95. The van der Waals surface area contributed by atoms with Crippen molar-refractivity contribution in [3.05, 3.63) is 47.7 Å². The highest BCUT2D eigenvalue weighted by atomic mass is 16.6. The molecule has 6 heteroatoms. The maximum Gasteiger partial charge on any atom is 0.420 e. The third kappa shape index (κ3) is 3.08. The minimum Gasteiger partial charge on any atom is -0.443 e. The number of amides is 1. The molecular weight excluding hydrogens is 306 g/mol. The molecule has 3 rings (SSSR count). The molecule has 0 bridgehead atoms. The Bertz CT molecular complexity index is 796. The first-order valence-electron chi connectivity index (χ1n) is 7.69. The molecule has 1 amide bonds. The Labute approximate surface area is 140 Å². The smallest absolute Gasteiger partial charge is 0.420 e. The molecule has 1 aliphatic heterocycles. The standard InChI is InChI=1S/C18H19N3O3/c1-18(2,3)24-17(23)21-15-7-6-12(11-22)9-14(15)20-10-13-5-4-8-19-16(13)21/h4-9,11,20H,10H2,1-3H3. The van der Waals surface area contributed by atoms with Gasteiger partial charge in [-0.1, -0.05) is 6.07 Å². The van der Waals surface area contributed by atoms with E-state index in [9.17, 15) is 9.59 Å². The summed E-state index contributed by atoms with van der Waals surface area (Å²) >= 11 is 0. The number of carbonyl (C=O) groups excluding carboxylic acids is 2. The lowest BCUT2D eigenvalue weighted by atomic mass is 10.1. The third-order valence-electron chi connectivity index (χ3n) is 3.52. The lowest BCUT2D eigenvalue weighted by Crippen LogP contribution is -2.34. The van der Waals surface area contributed by atoms with Gasteiger partial charge in [0, 0.05) is 23.9 Å². The fourth-order valence-electron chi connectivity index (χ4n) is 2.53. The van der Waals surface area contributed by atoms with Crippen molar-refractivity contribution in [1.82, 2.24) is 4.98 Å². The van der Waals surface area contributed by atoms with E-state index in [1.807, 2.05) is 32.9 Å². The first kappa shape index (κ1) is 16.0. The average Bonchev–Trinajstić information content (AvgIpc) is 2.69. The lowest BCUT2D eigenvalue weighted by Gasteiger charge is -2.27. The molecular formula is C18H19N3O3. The zero-order chi connectivity index (χ0) is 17.3. The number of pyridine rings is 1. The Morgan fingerprint density at radius 3 is 2.83 bits per heavy atom. The second-order valence-corrected chi connectivity index (χ2v) is 6.55. The van der Waals surface area contributed by atoms with Gasteiger partial charge in [-0.2, -0.15) is 0 Å². The van der Waals surface area contributed by atoms with Gasteiger partial charge in [0.1, 0.15) is 17.7 Å². The number of aldehydes is 1. The SMILES string of the molecule is CC(C)(C)OC(=O)N1c2ccc(C=O)cc2NCc2cccnc21. The summed E-state index contributed by atoms with van der Waals surface area (Å²) < 4.78 is 5.55. The first-order chi connectivity index (χ1) is 11.4. The van der Waals surface area contributed by atoms with Crippen molar-refractivity contribution >= 4 is 29.6 Å². The minimum absolute atomic E-state index is 0.498. The monoisotopic (exact) mass is 325 g/mol. The Balaban J connectivity index is 2.14. The zero-order valence-corrected chi connectivity index (χ0v) is 13.9. The molecule has 24 heavy (non-hydrogen) atoms. The number of hydrogen-bond acceptors (Lipinski definition) is 5. The van der Waals surface area contributed by atoms with Crippen LogP contribution in [0.3, 0.4) is 0 Å². The number of aromatic nitrogens is 1. The van der Waals surface area contributed by atoms with E-state index >= 15 is 0 Å². The number of nitrogens with zero attached hydrogens (tertiary/aromatic N) is 2. The molecule has 0 unspecified atom stereocenters. The molecule has 6 nitrogen and oxygen atoms in total. The Morgan fingerprint density at radius 1 is 1.33 bits per heavy atom. The topological polar surface area (TPSA) is 71.5 Å². The Kier molecular flexibility index (Phi) is 3.97. The zero-order valence-electron chi connectivity index (χ0n) is 13.9. The van der Waals surface area contributed by atoms with Gasteiger partial charge in [-0.25, -0.2) is 14.7 Å². The first-order valence-corrected chi connectivity index (χ1v) is 7.69. The van der Waals surface area contributed by atoms with Crippen LogP contribution in [0.25, 0.3) is 0 Å². The van der Waals surface area contributed by atoms with Gasteiger partial charge in [0.15, 0.2) is 0 Å². The second kappa shape index (κ2) is 5.96. The summed E-state index contributed by atoms with van der Waals surface area (Å²) in [5.74, 6) is 0.525. The van der Waals surface area contributed by atoms with E-state index in [4.69, 9.17) is 4.74 Å². The molecule has 1 aromatic carbocycles. The summed E-state index contributed by atoms with van der Waals surface area (Å²) in [6, 6.07) is 8.82. The molecule has 0 radical (unpaired) electrons. The van der Waals surface area contributed by atoms with Crippen molar-refractivity contribution < 1.29 is 14.3 Å². The largest absolute Gasteiger partial charge is 0.443 e. The number of fused-ring (bicyclic) bond motifs is 2. The van der Waals surface area contributed by atoms with E-state index < -0.39 is 11.7 Å². The predicted molar refractivity (Wildman–Crippen MR) is 91.8 cm³/mol. The third-order valence-corrected chi connectivity index (χ3v) is 3.52. The highest BCUT2D eigenvalue weighted by Gasteiger charge is 2.30. The Morgan fingerprint density at radius 2 is 2.12 bits per heavy atom. The molecule has 0 spiro atoms. The van der Waals surface area contributed by atoms with E-state index in [1.54, 1.807) is 24.4 Å². The number of nitrogens with one attached hydrogen (secondary N) is 1. The van der Waals surface area contributed by atoms with Gasteiger partial charge in [-0.15, -0.1) is 0 Å². The summed E-state index contributed by atoms with van der Waals surface area (Å²) in [6.07, 6.45) is 1.91. The molecule has 1 aromatic heterocycles. The van der Waals surface area contributed by atoms with Crippen molar-refractivity contribution in [2.45, 2.75) is 32.9 Å². The number of hydrogen-bond donors (Lipinski definition) is 1. The van der Waals surface area contributed by atoms with Gasteiger partial charge < -0.3 is 10.1 Å². The number of rotatable bonds is 1. The van der Waals surface area contributed by atoms with Gasteiger partial charge in [-0.3, -0.25) is 4.79 Å². The predicted octanol–water partition coefficient (Wildman–Crippen LogP) is 3.89. The van der Waals surface area contributed by atoms with Crippen LogP contribution in [-0.2, 0) is 11.3 Å². The van der Waals surface area contributed by atoms with Crippen LogP contribution in [0.5, 0.6) is 0 Å². The fourth-order valence-corrected chi connectivity index (χ4v) is 2.53. The second-order valence-electron chi connectivity index (χ2n) is 6.55. The highest BCUT2D eigenvalue weighted by molar-refractivity contribution is 6.01. The van der Waals surface area contributed by atoms with Crippen LogP contribution in [0.15, 0.2) is 36.5 Å². The van der Waals surface area contributed by atoms with E-state index in [-0.39, 0.29) is 0 Å². The fraction of sp³-hybridized carbons (Fsp3) is 0.278. The molecule has 1 aliphatic rings. The molecule has 0 saturated heterocycles. The summed E-state index contributed by atoms with van der Waals surface area (Å²) in [5, 5.41) is 3.26. The van der Waals surface area contributed by atoms with Gasteiger partial charge in [0.05, 0.1) is 11.4 Å². The molecule has 1 N–H and O–H groups in total. The van der Waals surface area contributed by atoms with Crippen LogP contribution < -0.4 is 10.2 Å². The molecule has 2 heterocycles. The molecule has 2 aromatic rings. The van der Waals surface area contributed by atoms with Gasteiger partial charge in [-0.05, 0) is 45.0 Å². The normalized spacial score (nSPS) is 13.2. The molecule has 124 valence electrons. The van der Waals surface area contributed by atoms with Crippen molar-refractivity contribution in [2.75, 3.05) is 10.2 Å². The number of ether oxygens (including phenoxy) is 1. The van der Waals surface area contributed by atoms with Crippen molar-refractivity contribution in [3.63, 3.8) is 0 Å². The van der Waals surface area contributed by atoms with E-state index in [2.05, 4.69) is 10.3 Å². The minimum atomic E-state index is -0.630. The van der Waals surface area contributed by atoms with Gasteiger partial charge >= 0.3 is 6.09 Å². The quantitative estimate of drug-likeness (QED) is 0.805.